The first-order valence-corrected chi connectivity index (χ1v) is 8.28. The Morgan fingerprint density at radius 2 is 1.78 bits per heavy atom. The lowest BCUT2D eigenvalue weighted by molar-refractivity contribution is -0.166. The Kier molecular flexibility index (Phi) is 7.40. The van der Waals surface area contributed by atoms with Gasteiger partial charge >= 0.3 is 17.1 Å². The summed E-state index contributed by atoms with van der Waals surface area (Å²) in [6, 6.07) is 0. The van der Waals surface area contributed by atoms with Gasteiger partial charge in [-0.25, -0.2) is 4.21 Å². The van der Waals surface area contributed by atoms with Gasteiger partial charge in [0.25, 0.3) is 0 Å². The van der Waals surface area contributed by atoms with E-state index in [4.69, 9.17) is 14.0 Å². The second kappa shape index (κ2) is 8.39. The highest BCUT2D eigenvalue weighted by Crippen LogP contribution is 2.39. The number of rotatable bonds is 8. The molecule has 1 aliphatic rings. The summed E-state index contributed by atoms with van der Waals surface area (Å²) in [4.78, 5) is 11.7. The molecule has 10 heteroatoms. The zero-order valence-electron chi connectivity index (χ0n) is 12.6. The normalized spacial score (nSPS) is 24.3. The first kappa shape index (κ1) is 20.3. The Morgan fingerprint density at radius 3 is 2.26 bits per heavy atom. The summed E-state index contributed by atoms with van der Waals surface area (Å²) in [6.45, 7) is -0.438. The van der Waals surface area contributed by atoms with Crippen LogP contribution in [-0.4, -0.2) is 45.7 Å². The Hall–Kier alpha value is -0.740. The van der Waals surface area contributed by atoms with E-state index in [0.717, 1.165) is 0 Å². The molecule has 1 atom stereocenters. The minimum Gasteiger partial charge on any atom is -0.465 e. The van der Waals surface area contributed by atoms with Gasteiger partial charge in [0.2, 0.25) is 11.1 Å². The summed E-state index contributed by atoms with van der Waals surface area (Å²) in [7, 11) is 1.58. The Balaban J connectivity index is 2.32. The zero-order chi connectivity index (χ0) is 17.7. The van der Waals surface area contributed by atoms with E-state index in [1.807, 2.05) is 0 Å². The van der Waals surface area contributed by atoms with Gasteiger partial charge in [-0.3, -0.25) is 4.79 Å². The highest BCUT2D eigenvalue weighted by molar-refractivity contribution is 7.80. The van der Waals surface area contributed by atoms with Crippen molar-refractivity contribution < 1.29 is 40.6 Å². The van der Waals surface area contributed by atoms with E-state index in [-0.39, 0.29) is 12.0 Å². The van der Waals surface area contributed by atoms with Crippen molar-refractivity contribution in [1.29, 1.82) is 0 Å². The van der Waals surface area contributed by atoms with Gasteiger partial charge in [-0.2, -0.15) is 17.6 Å². The molecule has 0 heterocycles. The molecular formula is C13H20F4O5S. The lowest BCUT2D eigenvalue weighted by Crippen LogP contribution is -2.44. The molecule has 0 bridgehead atoms. The number of carbonyl (C=O) groups is 1. The van der Waals surface area contributed by atoms with Gasteiger partial charge in [0, 0.05) is 13.5 Å². The number of methoxy groups -OCH3 is 1. The van der Waals surface area contributed by atoms with Crippen LogP contribution in [0.1, 0.15) is 38.5 Å². The van der Waals surface area contributed by atoms with Gasteiger partial charge in [0.05, 0.1) is 18.6 Å². The van der Waals surface area contributed by atoms with Crippen molar-refractivity contribution in [2.24, 2.45) is 5.92 Å². The van der Waals surface area contributed by atoms with E-state index < -0.39 is 47.7 Å². The molecule has 0 aliphatic heterocycles. The van der Waals surface area contributed by atoms with Crippen LogP contribution in [0.3, 0.4) is 0 Å². The van der Waals surface area contributed by atoms with E-state index in [1.165, 1.54) is 0 Å². The average molecular weight is 364 g/mol. The third-order valence-electron chi connectivity index (χ3n) is 3.87. The number of hydrogen-bond donors (Lipinski definition) is 1. The summed E-state index contributed by atoms with van der Waals surface area (Å²) in [5.41, 5.74) is 0. The highest BCUT2D eigenvalue weighted by atomic mass is 32.2. The monoisotopic (exact) mass is 364 g/mol. The first-order chi connectivity index (χ1) is 10.6. The molecule has 1 saturated carbocycles. The number of esters is 1. The summed E-state index contributed by atoms with van der Waals surface area (Å²) in [6.07, 6.45) is 0.740. The van der Waals surface area contributed by atoms with Crippen LogP contribution in [0, 0.1) is 5.92 Å². The van der Waals surface area contributed by atoms with Crippen molar-refractivity contribution >= 4 is 17.0 Å². The number of alkyl halides is 4. The van der Waals surface area contributed by atoms with Gasteiger partial charge in [-0.1, -0.05) is 0 Å². The molecule has 1 unspecified atom stereocenters. The number of hydrogen-bond acceptors (Lipinski definition) is 4. The quantitative estimate of drug-likeness (QED) is 0.310. The van der Waals surface area contributed by atoms with Crippen molar-refractivity contribution in [2.45, 2.75) is 55.8 Å². The topological polar surface area (TPSA) is 72.8 Å². The second-order valence-corrected chi connectivity index (χ2v) is 6.46. The summed E-state index contributed by atoms with van der Waals surface area (Å²) in [5, 5.41) is -5.03. The minimum absolute atomic E-state index is 0.0966. The molecule has 0 amide bonds. The summed E-state index contributed by atoms with van der Waals surface area (Å²) >= 11 is -3.97. The van der Waals surface area contributed by atoms with Crippen LogP contribution in [0.4, 0.5) is 17.6 Å². The van der Waals surface area contributed by atoms with Crippen molar-refractivity contribution in [1.82, 2.24) is 0 Å². The molecule has 1 rings (SSSR count). The van der Waals surface area contributed by atoms with Crippen LogP contribution in [0.15, 0.2) is 0 Å². The number of halogens is 4. The molecule has 0 spiro atoms. The number of carbonyl (C=O) groups excluding carboxylic acids is 1. The van der Waals surface area contributed by atoms with Crippen LogP contribution in [0.2, 0.25) is 0 Å². The van der Waals surface area contributed by atoms with Gasteiger partial charge < -0.3 is 14.0 Å². The van der Waals surface area contributed by atoms with E-state index >= 15 is 0 Å². The average Bonchev–Trinajstić information content (AvgIpc) is 2.51. The predicted molar refractivity (Wildman–Crippen MR) is 73.6 cm³/mol. The fourth-order valence-corrected chi connectivity index (χ4v) is 2.75. The lowest BCUT2D eigenvalue weighted by Gasteiger charge is -2.26. The number of ether oxygens (including phenoxy) is 2. The molecular weight excluding hydrogens is 344 g/mol. The smallest absolute Gasteiger partial charge is 0.406 e. The summed E-state index contributed by atoms with van der Waals surface area (Å²) < 4.78 is 80.5. The maximum Gasteiger partial charge on any atom is 0.406 e. The molecule has 5 nitrogen and oxygen atoms in total. The molecule has 0 radical (unpaired) electrons. The van der Waals surface area contributed by atoms with E-state index in [1.54, 1.807) is 7.11 Å². The third kappa shape index (κ3) is 5.39. The van der Waals surface area contributed by atoms with Crippen LogP contribution in [0.25, 0.3) is 0 Å². The largest absolute Gasteiger partial charge is 0.465 e. The molecule has 0 aromatic rings. The predicted octanol–water partition coefficient (Wildman–Crippen LogP) is 2.96. The van der Waals surface area contributed by atoms with Crippen LogP contribution in [0.5, 0.6) is 0 Å². The van der Waals surface area contributed by atoms with Crippen molar-refractivity contribution in [3.8, 4) is 0 Å². The van der Waals surface area contributed by atoms with E-state index in [2.05, 4.69) is 0 Å². The van der Waals surface area contributed by atoms with E-state index in [0.29, 0.717) is 25.7 Å². The maximum atomic E-state index is 13.2. The van der Waals surface area contributed by atoms with Crippen LogP contribution < -0.4 is 0 Å². The zero-order valence-corrected chi connectivity index (χ0v) is 13.4. The van der Waals surface area contributed by atoms with Gasteiger partial charge in [-0.15, -0.1) is 0 Å². The van der Waals surface area contributed by atoms with Gasteiger partial charge in [0.15, 0.2) is 0 Å². The first-order valence-electron chi connectivity index (χ1n) is 7.18. The Labute approximate surface area is 134 Å². The standard InChI is InChI=1S/C13H20F4O5S/c1-21-10-5-3-9(4-6-10)11(18)22-8-2-7-12(14,15)13(16,17)23(19)20/h9-10H,2-8H2,1H3,(H,19,20). The third-order valence-corrected chi connectivity index (χ3v) is 4.60. The minimum atomic E-state index is -5.03. The Bertz CT molecular complexity index is 425. The molecule has 23 heavy (non-hydrogen) atoms. The highest BCUT2D eigenvalue weighted by Gasteiger charge is 2.60. The molecule has 1 aliphatic carbocycles. The SMILES string of the molecule is COC1CCC(C(=O)OCCCC(F)(F)C(F)(F)S(=O)O)CC1. The molecule has 0 saturated heterocycles. The van der Waals surface area contributed by atoms with Crippen molar-refractivity contribution in [3.05, 3.63) is 0 Å². The summed E-state index contributed by atoms with van der Waals surface area (Å²) in [5.74, 6) is -5.52. The van der Waals surface area contributed by atoms with Gasteiger partial charge in [-0.05, 0) is 32.1 Å². The van der Waals surface area contributed by atoms with Crippen LogP contribution >= 0.6 is 0 Å². The molecule has 1 N–H and O–H groups in total. The van der Waals surface area contributed by atoms with E-state index in [9.17, 15) is 26.6 Å². The lowest BCUT2D eigenvalue weighted by atomic mass is 9.87. The van der Waals surface area contributed by atoms with Gasteiger partial charge in [0.1, 0.15) is 0 Å². The molecule has 0 aromatic carbocycles. The molecule has 136 valence electrons. The van der Waals surface area contributed by atoms with Crippen LogP contribution in [-0.2, 0) is 25.3 Å². The van der Waals surface area contributed by atoms with Crippen molar-refractivity contribution in [3.63, 3.8) is 0 Å². The Morgan fingerprint density at radius 1 is 1.22 bits per heavy atom. The second-order valence-electron chi connectivity index (χ2n) is 5.45. The fourth-order valence-electron chi connectivity index (χ4n) is 2.39. The maximum absolute atomic E-state index is 13.2. The molecule has 1 fully saturated rings. The van der Waals surface area contributed by atoms with Crippen molar-refractivity contribution in [2.75, 3.05) is 13.7 Å². The fraction of sp³-hybridized carbons (Fsp3) is 0.923. The molecule has 0 aromatic heterocycles.